The van der Waals surface area contributed by atoms with Crippen LogP contribution in [0.4, 0.5) is 5.95 Å². The minimum atomic E-state index is 0.585. The SMILES string of the molecule is CC1CCCC(Cn2c(N)nc3cccc(Cl)c32)C1. The van der Waals surface area contributed by atoms with Crippen LogP contribution in [0.3, 0.4) is 0 Å². The Hall–Kier alpha value is -1.22. The molecule has 0 saturated heterocycles. The Labute approximate surface area is 118 Å². The van der Waals surface area contributed by atoms with E-state index in [-0.39, 0.29) is 0 Å². The van der Waals surface area contributed by atoms with Gasteiger partial charge in [-0.3, -0.25) is 0 Å². The summed E-state index contributed by atoms with van der Waals surface area (Å²) in [5.41, 5.74) is 7.95. The quantitative estimate of drug-likeness (QED) is 0.898. The van der Waals surface area contributed by atoms with E-state index in [0.29, 0.717) is 11.9 Å². The predicted octanol–water partition coefficient (Wildman–Crippen LogP) is 4.10. The lowest BCUT2D eigenvalue weighted by Crippen LogP contribution is -2.19. The zero-order chi connectivity index (χ0) is 13.4. The van der Waals surface area contributed by atoms with Crippen molar-refractivity contribution in [2.24, 2.45) is 11.8 Å². The summed E-state index contributed by atoms with van der Waals surface area (Å²) in [6.45, 7) is 3.28. The number of halogens is 1. The smallest absolute Gasteiger partial charge is 0.201 e. The molecule has 1 aliphatic carbocycles. The summed E-state index contributed by atoms with van der Waals surface area (Å²) in [6.07, 6.45) is 5.25. The molecule has 2 aromatic rings. The highest BCUT2D eigenvalue weighted by Gasteiger charge is 2.21. The number of benzene rings is 1. The summed E-state index contributed by atoms with van der Waals surface area (Å²) in [5.74, 6) is 2.10. The number of para-hydroxylation sites is 1. The fourth-order valence-corrected chi connectivity index (χ4v) is 3.60. The molecule has 3 nitrogen and oxygen atoms in total. The van der Waals surface area contributed by atoms with E-state index in [4.69, 9.17) is 17.3 Å². The highest BCUT2D eigenvalue weighted by atomic mass is 35.5. The number of rotatable bonds is 2. The molecule has 1 heterocycles. The molecular formula is C15H20ClN3. The third-order valence-electron chi connectivity index (χ3n) is 4.23. The average molecular weight is 278 g/mol. The van der Waals surface area contributed by atoms with Crippen LogP contribution in [0.15, 0.2) is 18.2 Å². The van der Waals surface area contributed by atoms with E-state index in [1.807, 2.05) is 18.2 Å². The molecule has 0 spiro atoms. The zero-order valence-electron chi connectivity index (χ0n) is 11.3. The molecule has 4 heteroatoms. The predicted molar refractivity (Wildman–Crippen MR) is 80.3 cm³/mol. The van der Waals surface area contributed by atoms with Crippen molar-refractivity contribution in [1.29, 1.82) is 0 Å². The van der Waals surface area contributed by atoms with Gasteiger partial charge in [-0.2, -0.15) is 0 Å². The molecule has 102 valence electrons. The number of fused-ring (bicyclic) bond motifs is 1. The monoisotopic (exact) mass is 277 g/mol. The Morgan fingerprint density at radius 2 is 2.26 bits per heavy atom. The zero-order valence-corrected chi connectivity index (χ0v) is 12.0. The van der Waals surface area contributed by atoms with Crippen molar-refractivity contribution in [1.82, 2.24) is 9.55 Å². The van der Waals surface area contributed by atoms with Gasteiger partial charge in [0, 0.05) is 6.54 Å². The normalized spacial score (nSPS) is 23.9. The number of aromatic nitrogens is 2. The number of hydrogen-bond acceptors (Lipinski definition) is 2. The van der Waals surface area contributed by atoms with Crippen LogP contribution in [-0.2, 0) is 6.54 Å². The van der Waals surface area contributed by atoms with Crippen molar-refractivity contribution in [3.05, 3.63) is 23.2 Å². The van der Waals surface area contributed by atoms with Gasteiger partial charge in [0.2, 0.25) is 5.95 Å². The van der Waals surface area contributed by atoms with Gasteiger partial charge in [-0.1, -0.05) is 37.4 Å². The largest absolute Gasteiger partial charge is 0.369 e. The van der Waals surface area contributed by atoms with Gasteiger partial charge in [-0.05, 0) is 36.8 Å². The van der Waals surface area contributed by atoms with Crippen molar-refractivity contribution in [2.45, 2.75) is 39.2 Å². The molecule has 0 aliphatic heterocycles. The van der Waals surface area contributed by atoms with Crippen molar-refractivity contribution < 1.29 is 0 Å². The second-order valence-electron chi connectivity index (χ2n) is 5.83. The first-order valence-corrected chi connectivity index (χ1v) is 7.43. The first-order chi connectivity index (χ1) is 9.15. The van der Waals surface area contributed by atoms with Crippen LogP contribution in [0.2, 0.25) is 5.02 Å². The van der Waals surface area contributed by atoms with E-state index in [1.165, 1.54) is 25.7 Å². The lowest BCUT2D eigenvalue weighted by atomic mass is 9.82. The summed E-state index contributed by atoms with van der Waals surface area (Å²) in [6, 6.07) is 5.80. The molecule has 0 amide bonds. The topological polar surface area (TPSA) is 43.8 Å². The minimum absolute atomic E-state index is 0.585. The summed E-state index contributed by atoms with van der Waals surface area (Å²) in [4.78, 5) is 4.41. The second kappa shape index (κ2) is 5.04. The first-order valence-electron chi connectivity index (χ1n) is 7.05. The standard InChI is InChI=1S/C15H20ClN3/c1-10-4-2-5-11(8-10)9-19-14-12(16)6-3-7-13(14)18-15(19)17/h3,6-7,10-11H,2,4-5,8-9H2,1H3,(H2,17,18). The molecule has 1 aliphatic rings. The van der Waals surface area contributed by atoms with E-state index < -0.39 is 0 Å². The van der Waals surface area contributed by atoms with Crippen LogP contribution < -0.4 is 5.73 Å². The highest BCUT2D eigenvalue weighted by molar-refractivity contribution is 6.35. The van der Waals surface area contributed by atoms with Crippen LogP contribution in [0.1, 0.15) is 32.6 Å². The van der Waals surface area contributed by atoms with Gasteiger partial charge < -0.3 is 10.3 Å². The molecule has 2 N–H and O–H groups in total. The van der Waals surface area contributed by atoms with Crippen molar-refractivity contribution in [2.75, 3.05) is 5.73 Å². The van der Waals surface area contributed by atoms with E-state index in [2.05, 4.69) is 16.5 Å². The molecule has 1 aromatic heterocycles. The van der Waals surface area contributed by atoms with Crippen LogP contribution in [0, 0.1) is 11.8 Å². The van der Waals surface area contributed by atoms with Gasteiger partial charge in [-0.25, -0.2) is 4.98 Å². The van der Waals surface area contributed by atoms with Gasteiger partial charge in [0.15, 0.2) is 0 Å². The Balaban J connectivity index is 1.94. The lowest BCUT2D eigenvalue weighted by molar-refractivity contribution is 0.259. The molecule has 2 unspecified atom stereocenters. The number of nitrogens with two attached hydrogens (primary N) is 1. The third-order valence-corrected chi connectivity index (χ3v) is 4.54. The van der Waals surface area contributed by atoms with Crippen molar-refractivity contribution in [3.8, 4) is 0 Å². The average Bonchev–Trinajstić information content (AvgIpc) is 2.67. The maximum absolute atomic E-state index is 6.31. The molecule has 19 heavy (non-hydrogen) atoms. The number of hydrogen-bond donors (Lipinski definition) is 1. The molecule has 0 bridgehead atoms. The van der Waals surface area contributed by atoms with Gasteiger partial charge in [0.1, 0.15) is 0 Å². The molecular weight excluding hydrogens is 258 g/mol. The van der Waals surface area contributed by atoms with Crippen LogP contribution in [0.5, 0.6) is 0 Å². The lowest BCUT2D eigenvalue weighted by Gasteiger charge is -2.27. The van der Waals surface area contributed by atoms with Gasteiger partial charge in [-0.15, -0.1) is 0 Å². The molecule has 0 radical (unpaired) electrons. The Bertz CT molecular complexity index is 590. The summed E-state index contributed by atoms with van der Waals surface area (Å²) in [5, 5.41) is 0.741. The van der Waals surface area contributed by atoms with Crippen molar-refractivity contribution in [3.63, 3.8) is 0 Å². The molecule has 1 saturated carbocycles. The van der Waals surface area contributed by atoms with Gasteiger partial charge >= 0.3 is 0 Å². The first kappa shape index (κ1) is 12.8. The van der Waals surface area contributed by atoms with E-state index in [9.17, 15) is 0 Å². The van der Waals surface area contributed by atoms with E-state index in [0.717, 1.165) is 28.5 Å². The van der Waals surface area contributed by atoms with Crippen LogP contribution >= 0.6 is 11.6 Å². The van der Waals surface area contributed by atoms with E-state index >= 15 is 0 Å². The Morgan fingerprint density at radius 1 is 1.42 bits per heavy atom. The fourth-order valence-electron chi connectivity index (χ4n) is 3.33. The van der Waals surface area contributed by atoms with Gasteiger partial charge in [0.05, 0.1) is 16.1 Å². The number of nitrogen functional groups attached to an aromatic ring is 1. The maximum Gasteiger partial charge on any atom is 0.201 e. The molecule has 2 atom stereocenters. The van der Waals surface area contributed by atoms with E-state index in [1.54, 1.807) is 0 Å². The summed E-state index contributed by atoms with van der Waals surface area (Å²) >= 11 is 6.31. The summed E-state index contributed by atoms with van der Waals surface area (Å²) in [7, 11) is 0. The Kier molecular flexibility index (Phi) is 3.40. The van der Waals surface area contributed by atoms with Crippen LogP contribution in [0.25, 0.3) is 11.0 Å². The number of nitrogens with zero attached hydrogens (tertiary/aromatic N) is 2. The Morgan fingerprint density at radius 3 is 3.05 bits per heavy atom. The highest BCUT2D eigenvalue weighted by Crippen LogP contribution is 2.32. The van der Waals surface area contributed by atoms with Gasteiger partial charge in [0.25, 0.3) is 0 Å². The number of imidazole rings is 1. The number of anilines is 1. The minimum Gasteiger partial charge on any atom is -0.369 e. The maximum atomic E-state index is 6.31. The van der Waals surface area contributed by atoms with Crippen LogP contribution in [-0.4, -0.2) is 9.55 Å². The third kappa shape index (κ3) is 2.44. The fraction of sp³-hybridized carbons (Fsp3) is 0.533. The van der Waals surface area contributed by atoms with Crippen molar-refractivity contribution >= 4 is 28.6 Å². The molecule has 1 aromatic carbocycles. The second-order valence-corrected chi connectivity index (χ2v) is 6.23. The molecule has 3 rings (SSSR count). The molecule has 1 fully saturated rings. The summed E-state index contributed by atoms with van der Waals surface area (Å²) < 4.78 is 2.10.